The Labute approximate surface area is 132 Å². The van der Waals surface area contributed by atoms with Gasteiger partial charge in [0.15, 0.2) is 0 Å². The normalized spacial score (nSPS) is 17.6. The fourth-order valence-electron chi connectivity index (χ4n) is 2.21. The number of aromatic nitrogens is 1. The lowest BCUT2D eigenvalue weighted by atomic mass is 10.1. The Kier molecular flexibility index (Phi) is 7.26. The van der Waals surface area contributed by atoms with E-state index >= 15 is 0 Å². The molecule has 0 spiro atoms. The maximum atomic E-state index is 11.7. The monoisotopic (exact) mass is 363 g/mol. The molecular formula is C13H19BrClN3O2. The Morgan fingerprint density at radius 1 is 1.50 bits per heavy atom. The van der Waals surface area contributed by atoms with Crippen molar-refractivity contribution in [3.05, 3.63) is 33.2 Å². The van der Waals surface area contributed by atoms with Crippen LogP contribution in [0, 0.1) is 5.92 Å². The van der Waals surface area contributed by atoms with Gasteiger partial charge in [-0.2, -0.15) is 0 Å². The fraction of sp³-hybridized carbons (Fsp3) is 0.538. The zero-order valence-corrected chi connectivity index (χ0v) is 13.5. The van der Waals surface area contributed by atoms with Gasteiger partial charge in [-0.1, -0.05) is 0 Å². The first-order valence-corrected chi connectivity index (χ1v) is 7.28. The standard InChI is InChI=1S/C13H18BrN3O2.ClH/c14-11-1-2-13(19)17(8-11)9-12(18)16-6-4-10-3-5-15-7-10;/h1-2,8,10,15H,3-7,9H2,(H,16,18);1H. The maximum absolute atomic E-state index is 11.7. The number of nitrogens with zero attached hydrogens (tertiary/aromatic N) is 1. The maximum Gasteiger partial charge on any atom is 0.251 e. The van der Waals surface area contributed by atoms with E-state index in [1.54, 1.807) is 12.3 Å². The first-order chi connectivity index (χ1) is 9.15. The quantitative estimate of drug-likeness (QED) is 0.824. The molecule has 1 amide bonds. The van der Waals surface area contributed by atoms with Crippen LogP contribution >= 0.6 is 28.3 Å². The van der Waals surface area contributed by atoms with Crippen molar-refractivity contribution in [3.63, 3.8) is 0 Å². The van der Waals surface area contributed by atoms with E-state index in [9.17, 15) is 9.59 Å². The van der Waals surface area contributed by atoms with E-state index < -0.39 is 0 Å². The zero-order chi connectivity index (χ0) is 13.7. The third kappa shape index (κ3) is 5.26. The molecule has 2 rings (SSSR count). The van der Waals surface area contributed by atoms with Gasteiger partial charge < -0.3 is 15.2 Å². The highest BCUT2D eigenvalue weighted by Gasteiger charge is 2.14. The van der Waals surface area contributed by atoms with Gasteiger partial charge in [0.25, 0.3) is 5.56 Å². The first-order valence-electron chi connectivity index (χ1n) is 6.48. The van der Waals surface area contributed by atoms with E-state index in [4.69, 9.17) is 0 Å². The summed E-state index contributed by atoms with van der Waals surface area (Å²) in [4.78, 5) is 23.3. The topological polar surface area (TPSA) is 63.1 Å². The van der Waals surface area contributed by atoms with Crippen LogP contribution in [0.1, 0.15) is 12.8 Å². The van der Waals surface area contributed by atoms with Gasteiger partial charge in [0, 0.05) is 23.3 Å². The molecule has 5 nitrogen and oxygen atoms in total. The van der Waals surface area contributed by atoms with E-state index in [1.165, 1.54) is 17.1 Å². The summed E-state index contributed by atoms with van der Waals surface area (Å²) in [5, 5.41) is 6.16. The summed E-state index contributed by atoms with van der Waals surface area (Å²) in [6.45, 7) is 2.86. The molecule has 1 aliphatic heterocycles. The minimum absolute atomic E-state index is 0. The molecule has 1 unspecified atom stereocenters. The smallest absolute Gasteiger partial charge is 0.251 e. The molecule has 1 aromatic rings. The second-order valence-electron chi connectivity index (χ2n) is 4.81. The first kappa shape index (κ1) is 17.2. The second kappa shape index (κ2) is 8.44. The number of pyridine rings is 1. The lowest BCUT2D eigenvalue weighted by Gasteiger charge is -2.10. The van der Waals surface area contributed by atoms with Crippen molar-refractivity contribution < 1.29 is 4.79 Å². The minimum Gasteiger partial charge on any atom is -0.355 e. The van der Waals surface area contributed by atoms with Gasteiger partial charge in [-0.15, -0.1) is 12.4 Å². The lowest BCUT2D eigenvalue weighted by Crippen LogP contribution is -2.33. The van der Waals surface area contributed by atoms with Gasteiger partial charge in [-0.25, -0.2) is 0 Å². The molecule has 1 atom stereocenters. The van der Waals surface area contributed by atoms with Gasteiger partial charge in [0.1, 0.15) is 6.54 Å². The highest BCUT2D eigenvalue weighted by molar-refractivity contribution is 9.10. The summed E-state index contributed by atoms with van der Waals surface area (Å²) in [7, 11) is 0. The van der Waals surface area contributed by atoms with Gasteiger partial charge in [-0.05, 0) is 53.8 Å². The highest BCUT2D eigenvalue weighted by Crippen LogP contribution is 2.10. The molecule has 7 heteroatoms. The Bertz CT molecular complexity index is 501. The predicted molar refractivity (Wildman–Crippen MR) is 84.3 cm³/mol. The molecule has 0 aromatic carbocycles. The summed E-state index contributed by atoms with van der Waals surface area (Å²) in [6, 6.07) is 3.12. The third-order valence-electron chi connectivity index (χ3n) is 3.30. The van der Waals surface area contributed by atoms with Crippen LogP contribution in [0.15, 0.2) is 27.6 Å². The molecule has 112 valence electrons. The van der Waals surface area contributed by atoms with Crippen LogP contribution in [0.2, 0.25) is 0 Å². The summed E-state index contributed by atoms with van der Waals surface area (Å²) in [5.74, 6) is 0.542. The Hall–Kier alpha value is -0.850. The number of carbonyl (C=O) groups is 1. The number of halogens is 2. The average Bonchev–Trinajstić information content (AvgIpc) is 2.87. The zero-order valence-electron chi connectivity index (χ0n) is 11.1. The number of amides is 1. The van der Waals surface area contributed by atoms with Crippen molar-refractivity contribution in [1.82, 2.24) is 15.2 Å². The molecule has 0 saturated carbocycles. The fourth-order valence-corrected chi connectivity index (χ4v) is 2.59. The number of hydrogen-bond acceptors (Lipinski definition) is 3. The van der Waals surface area contributed by atoms with Crippen LogP contribution in [-0.4, -0.2) is 30.1 Å². The van der Waals surface area contributed by atoms with E-state index in [2.05, 4.69) is 26.6 Å². The minimum atomic E-state index is -0.168. The lowest BCUT2D eigenvalue weighted by molar-refractivity contribution is -0.121. The Balaban J connectivity index is 0.00000200. The van der Waals surface area contributed by atoms with Crippen LogP contribution in [0.3, 0.4) is 0 Å². The number of carbonyl (C=O) groups excluding carboxylic acids is 1. The number of nitrogens with one attached hydrogen (secondary N) is 2. The predicted octanol–water partition coefficient (Wildman–Crippen LogP) is 1.15. The molecule has 1 fully saturated rings. The van der Waals surface area contributed by atoms with Crippen molar-refractivity contribution in [1.29, 1.82) is 0 Å². The van der Waals surface area contributed by atoms with E-state index in [0.29, 0.717) is 12.5 Å². The van der Waals surface area contributed by atoms with Crippen molar-refractivity contribution in [3.8, 4) is 0 Å². The molecule has 2 N–H and O–H groups in total. The van der Waals surface area contributed by atoms with Crippen LogP contribution in [0.4, 0.5) is 0 Å². The SMILES string of the molecule is Cl.O=C(Cn1cc(Br)ccc1=O)NCCC1CCNC1. The summed E-state index contributed by atoms with van der Waals surface area (Å²) >= 11 is 3.29. The third-order valence-corrected chi connectivity index (χ3v) is 3.77. The second-order valence-corrected chi connectivity index (χ2v) is 5.73. The molecule has 20 heavy (non-hydrogen) atoms. The van der Waals surface area contributed by atoms with Crippen LogP contribution < -0.4 is 16.2 Å². The molecule has 0 radical (unpaired) electrons. The van der Waals surface area contributed by atoms with Crippen LogP contribution in [0.25, 0.3) is 0 Å². The van der Waals surface area contributed by atoms with Crippen molar-refractivity contribution in [2.45, 2.75) is 19.4 Å². The van der Waals surface area contributed by atoms with Crippen molar-refractivity contribution in [2.75, 3.05) is 19.6 Å². The largest absolute Gasteiger partial charge is 0.355 e. The van der Waals surface area contributed by atoms with Crippen LogP contribution in [0.5, 0.6) is 0 Å². The summed E-state index contributed by atoms with van der Waals surface area (Å²) in [6.07, 6.45) is 3.80. The summed E-state index contributed by atoms with van der Waals surface area (Å²) < 4.78 is 2.19. The molecule has 1 saturated heterocycles. The van der Waals surface area contributed by atoms with E-state index in [1.807, 2.05) is 0 Å². The highest BCUT2D eigenvalue weighted by atomic mass is 79.9. The van der Waals surface area contributed by atoms with Crippen molar-refractivity contribution >= 4 is 34.2 Å². The van der Waals surface area contributed by atoms with Gasteiger partial charge >= 0.3 is 0 Å². The Morgan fingerprint density at radius 2 is 2.30 bits per heavy atom. The molecule has 2 heterocycles. The molecule has 0 aliphatic carbocycles. The van der Waals surface area contributed by atoms with E-state index in [-0.39, 0.29) is 30.4 Å². The average molecular weight is 365 g/mol. The molecule has 1 aromatic heterocycles. The van der Waals surface area contributed by atoms with Gasteiger partial charge in [0.05, 0.1) is 0 Å². The Morgan fingerprint density at radius 3 is 3.00 bits per heavy atom. The van der Waals surface area contributed by atoms with Crippen molar-refractivity contribution in [2.24, 2.45) is 5.92 Å². The number of rotatable bonds is 5. The van der Waals surface area contributed by atoms with Gasteiger partial charge in [-0.3, -0.25) is 9.59 Å². The molecule has 0 bridgehead atoms. The summed E-state index contributed by atoms with van der Waals surface area (Å²) in [5.41, 5.74) is -0.168. The van der Waals surface area contributed by atoms with Crippen LogP contribution in [-0.2, 0) is 11.3 Å². The number of hydrogen-bond donors (Lipinski definition) is 2. The molecular weight excluding hydrogens is 346 g/mol. The van der Waals surface area contributed by atoms with Gasteiger partial charge in [0.2, 0.25) is 5.91 Å². The molecule has 1 aliphatic rings. The van der Waals surface area contributed by atoms with E-state index in [0.717, 1.165) is 24.0 Å².